The van der Waals surface area contributed by atoms with Crippen molar-refractivity contribution in [1.29, 1.82) is 0 Å². The minimum absolute atomic E-state index is 0.0847. The number of benzene rings is 1. The van der Waals surface area contributed by atoms with E-state index in [1.165, 1.54) is 6.92 Å². The minimum atomic E-state index is -0.581. The summed E-state index contributed by atoms with van der Waals surface area (Å²) in [5, 5.41) is 10.3. The third kappa shape index (κ3) is 2.77. The van der Waals surface area contributed by atoms with E-state index in [4.69, 9.17) is 14.5 Å². The molecule has 1 fully saturated rings. The molecule has 1 aromatic carbocycles. The summed E-state index contributed by atoms with van der Waals surface area (Å²) in [6, 6.07) is 7.38. The van der Waals surface area contributed by atoms with E-state index in [0.29, 0.717) is 43.5 Å². The number of hydrogen-bond acceptors (Lipinski definition) is 6. The van der Waals surface area contributed by atoms with E-state index in [0.717, 1.165) is 27.9 Å². The molecule has 2 aliphatic rings. The largest absolute Gasteiger partial charge is 0.486 e. The Hall–Kier alpha value is -3.59. The molecule has 5 heterocycles. The SMILES string of the molecule is CC(=O)N1C[C@H](O)C[C@@H]1c1nc(-c2ccc3c(c2)OCCO3)c2cnc3[nH]ccc3n12. The van der Waals surface area contributed by atoms with Gasteiger partial charge in [-0.2, -0.15) is 0 Å². The predicted molar refractivity (Wildman–Crippen MR) is 112 cm³/mol. The van der Waals surface area contributed by atoms with Gasteiger partial charge in [0.05, 0.1) is 35.1 Å². The number of nitrogens with zero attached hydrogens (tertiary/aromatic N) is 4. The van der Waals surface area contributed by atoms with Gasteiger partial charge in [-0.1, -0.05) is 0 Å². The summed E-state index contributed by atoms with van der Waals surface area (Å²) in [7, 11) is 0. The van der Waals surface area contributed by atoms with Crippen molar-refractivity contribution in [2.45, 2.75) is 25.5 Å². The molecule has 1 amide bonds. The number of aromatic nitrogens is 4. The monoisotopic (exact) mass is 419 g/mol. The number of nitrogens with one attached hydrogen (secondary N) is 1. The van der Waals surface area contributed by atoms with Crippen LogP contribution in [0.1, 0.15) is 25.2 Å². The van der Waals surface area contributed by atoms with E-state index in [2.05, 4.69) is 9.97 Å². The van der Waals surface area contributed by atoms with Crippen molar-refractivity contribution >= 4 is 22.6 Å². The molecule has 4 aromatic rings. The lowest BCUT2D eigenvalue weighted by atomic mass is 10.1. The standard InChI is InChI=1S/C22H21N5O4/c1-12(28)26-11-14(29)9-16(26)22-25-20(13-2-3-18-19(8-13)31-7-6-30-18)17-10-24-21-15(27(17)22)4-5-23-21/h2-5,8,10,14,16,23,29H,6-7,9,11H2,1H3/t14-,16-/m1/s1. The highest BCUT2D eigenvalue weighted by atomic mass is 16.6. The number of aliphatic hydroxyl groups excluding tert-OH is 1. The van der Waals surface area contributed by atoms with Crippen molar-refractivity contribution in [3.05, 3.63) is 42.5 Å². The molecule has 0 saturated carbocycles. The number of fused-ring (bicyclic) bond motifs is 4. The second-order valence-electron chi connectivity index (χ2n) is 7.94. The van der Waals surface area contributed by atoms with Crippen molar-refractivity contribution in [3.63, 3.8) is 0 Å². The van der Waals surface area contributed by atoms with Gasteiger partial charge in [0.1, 0.15) is 19.0 Å². The van der Waals surface area contributed by atoms with Crippen LogP contribution in [-0.2, 0) is 4.79 Å². The van der Waals surface area contributed by atoms with Gasteiger partial charge in [-0.25, -0.2) is 9.97 Å². The minimum Gasteiger partial charge on any atom is -0.486 e. The highest BCUT2D eigenvalue weighted by molar-refractivity contribution is 5.85. The molecule has 0 radical (unpaired) electrons. The molecule has 2 atom stereocenters. The molecule has 0 spiro atoms. The van der Waals surface area contributed by atoms with Crippen LogP contribution in [0.2, 0.25) is 0 Å². The van der Waals surface area contributed by atoms with Gasteiger partial charge in [0.2, 0.25) is 5.91 Å². The van der Waals surface area contributed by atoms with Crippen molar-refractivity contribution in [1.82, 2.24) is 24.3 Å². The highest BCUT2D eigenvalue weighted by Crippen LogP contribution is 2.39. The molecule has 2 N–H and O–H groups in total. The number of likely N-dealkylation sites (tertiary alicyclic amines) is 1. The van der Waals surface area contributed by atoms with Crippen LogP contribution >= 0.6 is 0 Å². The van der Waals surface area contributed by atoms with Crippen molar-refractivity contribution in [3.8, 4) is 22.8 Å². The van der Waals surface area contributed by atoms with Gasteiger partial charge < -0.3 is 24.5 Å². The second-order valence-corrected chi connectivity index (χ2v) is 7.94. The molecule has 6 rings (SSSR count). The maximum absolute atomic E-state index is 12.3. The fourth-order valence-corrected chi connectivity index (χ4v) is 4.62. The number of β-amino-alcohol motifs (C(OH)–C–C–N with tert-alkyl or cyclic N) is 1. The second kappa shape index (κ2) is 6.71. The molecule has 0 aliphatic carbocycles. The number of aliphatic hydroxyl groups is 1. The van der Waals surface area contributed by atoms with Gasteiger partial charge >= 0.3 is 0 Å². The third-order valence-electron chi connectivity index (χ3n) is 6.00. The van der Waals surface area contributed by atoms with Gasteiger partial charge in [-0.15, -0.1) is 0 Å². The average Bonchev–Trinajstić information content (AvgIpc) is 3.48. The van der Waals surface area contributed by atoms with Crippen molar-refractivity contribution in [2.24, 2.45) is 0 Å². The zero-order valence-corrected chi connectivity index (χ0v) is 16.9. The Morgan fingerprint density at radius 3 is 2.87 bits per heavy atom. The van der Waals surface area contributed by atoms with Gasteiger partial charge in [0, 0.05) is 31.6 Å². The number of H-pyrrole nitrogens is 1. The number of amides is 1. The van der Waals surface area contributed by atoms with Crippen molar-refractivity contribution < 1.29 is 19.4 Å². The maximum atomic E-state index is 12.3. The van der Waals surface area contributed by atoms with Crippen LogP contribution in [0.5, 0.6) is 11.5 Å². The van der Waals surface area contributed by atoms with Crippen LogP contribution in [0.3, 0.4) is 0 Å². The normalized spacial score (nSPS) is 20.6. The van der Waals surface area contributed by atoms with Crippen LogP contribution in [0, 0.1) is 0 Å². The van der Waals surface area contributed by atoms with Gasteiger partial charge in [-0.3, -0.25) is 9.20 Å². The molecule has 9 nitrogen and oxygen atoms in total. The Morgan fingerprint density at radius 2 is 2.03 bits per heavy atom. The molecule has 0 bridgehead atoms. The summed E-state index contributed by atoms with van der Waals surface area (Å²) in [5.41, 5.74) is 4.04. The Bertz CT molecular complexity index is 1330. The summed E-state index contributed by atoms with van der Waals surface area (Å²) in [5.74, 6) is 2.02. The fourth-order valence-electron chi connectivity index (χ4n) is 4.62. The molecule has 3 aromatic heterocycles. The van der Waals surface area contributed by atoms with E-state index in [9.17, 15) is 9.90 Å². The third-order valence-corrected chi connectivity index (χ3v) is 6.00. The molecule has 9 heteroatoms. The number of imidazole rings is 1. The first-order chi connectivity index (χ1) is 15.1. The lowest BCUT2D eigenvalue weighted by Gasteiger charge is -2.22. The quantitative estimate of drug-likeness (QED) is 0.517. The Morgan fingerprint density at radius 1 is 1.19 bits per heavy atom. The van der Waals surface area contributed by atoms with E-state index < -0.39 is 6.10 Å². The van der Waals surface area contributed by atoms with Crippen LogP contribution in [-0.4, -0.2) is 61.1 Å². The molecular weight excluding hydrogens is 398 g/mol. The van der Waals surface area contributed by atoms with E-state index in [-0.39, 0.29) is 11.9 Å². The van der Waals surface area contributed by atoms with Crippen molar-refractivity contribution in [2.75, 3.05) is 19.8 Å². The summed E-state index contributed by atoms with van der Waals surface area (Å²) in [6.07, 6.45) is 3.47. The molecular formula is C22H21N5O4. The van der Waals surface area contributed by atoms with E-state index >= 15 is 0 Å². The van der Waals surface area contributed by atoms with Gasteiger partial charge in [0.25, 0.3) is 0 Å². The Kier molecular flexibility index (Phi) is 3.94. The number of aromatic amines is 1. The lowest BCUT2D eigenvalue weighted by Crippen LogP contribution is -2.30. The summed E-state index contributed by atoms with van der Waals surface area (Å²) >= 11 is 0. The average molecular weight is 419 g/mol. The number of carbonyl (C=O) groups excluding carboxylic acids is 1. The summed E-state index contributed by atoms with van der Waals surface area (Å²) < 4.78 is 13.4. The molecule has 158 valence electrons. The Labute approximate surface area is 177 Å². The molecule has 0 unspecified atom stereocenters. The first-order valence-corrected chi connectivity index (χ1v) is 10.3. The fraction of sp³-hybridized carbons (Fsp3) is 0.318. The van der Waals surface area contributed by atoms with Gasteiger partial charge in [-0.05, 0) is 24.3 Å². The number of ether oxygens (including phenoxy) is 2. The smallest absolute Gasteiger partial charge is 0.220 e. The lowest BCUT2D eigenvalue weighted by molar-refractivity contribution is -0.130. The zero-order chi connectivity index (χ0) is 21.1. The zero-order valence-electron chi connectivity index (χ0n) is 16.9. The van der Waals surface area contributed by atoms with Crippen LogP contribution in [0.25, 0.3) is 27.9 Å². The molecule has 31 heavy (non-hydrogen) atoms. The summed E-state index contributed by atoms with van der Waals surface area (Å²) in [6.45, 7) is 2.86. The van der Waals surface area contributed by atoms with E-state index in [1.54, 1.807) is 11.1 Å². The molecule has 2 aliphatic heterocycles. The number of rotatable bonds is 2. The topological polar surface area (TPSA) is 105 Å². The first-order valence-electron chi connectivity index (χ1n) is 10.3. The van der Waals surface area contributed by atoms with Crippen LogP contribution in [0.4, 0.5) is 0 Å². The molecule has 1 saturated heterocycles. The number of carbonyl (C=O) groups is 1. The number of hydrogen-bond donors (Lipinski definition) is 2. The van der Waals surface area contributed by atoms with Gasteiger partial charge in [0.15, 0.2) is 17.1 Å². The Balaban J connectivity index is 1.59. The summed E-state index contributed by atoms with van der Waals surface area (Å²) in [4.78, 5) is 26.7. The predicted octanol–water partition coefficient (Wildman–Crippen LogP) is 2.30. The van der Waals surface area contributed by atoms with Crippen LogP contribution < -0.4 is 9.47 Å². The maximum Gasteiger partial charge on any atom is 0.220 e. The first kappa shape index (κ1) is 18.2. The highest BCUT2D eigenvalue weighted by Gasteiger charge is 2.37. The van der Waals surface area contributed by atoms with Crippen LogP contribution in [0.15, 0.2) is 36.7 Å². The van der Waals surface area contributed by atoms with E-state index in [1.807, 2.05) is 34.9 Å².